The normalized spacial score (nSPS) is 12.0. The van der Waals surface area contributed by atoms with E-state index >= 15 is 0 Å². The fourth-order valence-corrected chi connectivity index (χ4v) is 2.42. The number of hydrogen-bond acceptors (Lipinski definition) is 4. The number of guanidine groups is 1. The van der Waals surface area contributed by atoms with Crippen LogP contribution in [0.25, 0.3) is 5.69 Å². The summed E-state index contributed by atoms with van der Waals surface area (Å²) in [6, 6.07) is 7.86. The van der Waals surface area contributed by atoms with Crippen LogP contribution in [0.15, 0.2) is 29.3 Å². The number of aromatic nitrogens is 2. The highest BCUT2D eigenvalue weighted by molar-refractivity contribution is 5.78. The first-order valence-corrected chi connectivity index (χ1v) is 8.33. The van der Waals surface area contributed by atoms with Crippen LogP contribution in [-0.2, 0) is 6.42 Å². The summed E-state index contributed by atoms with van der Waals surface area (Å²) in [6.45, 7) is 6.50. The first-order chi connectivity index (χ1) is 12.2. The summed E-state index contributed by atoms with van der Waals surface area (Å²) in [5.74, 6) is 0.278. The van der Waals surface area contributed by atoms with Crippen molar-refractivity contribution in [1.29, 1.82) is 5.26 Å². The Labute approximate surface area is 152 Å². The van der Waals surface area contributed by atoms with Crippen molar-refractivity contribution in [1.82, 2.24) is 15.1 Å². The van der Waals surface area contributed by atoms with Crippen LogP contribution in [0.5, 0.6) is 0 Å². The molecule has 0 aliphatic rings. The second-order valence-corrected chi connectivity index (χ2v) is 6.95. The van der Waals surface area contributed by atoms with Crippen molar-refractivity contribution in [3.8, 4) is 11.8 Å². The third-order valence-electron chi connectivity index (χ3n) is 3.53. The Kier molecular flexibility index (Phi) is 5.82. The maximum Gasteiger partial charge on any atom is 0.188 e. The summed E-state index contributed by atoms with van der Waals surface area (Å²) in [6.07, 6.45) is 1.20. The fraction of sp³-hybridized carbons (Fsp3) is 0.389. The van der Waals surface area contributed by atoms with E-state index in [4.69, 9.17) is 11.5 Å². The van der Waals surface area contributed by atoms with Gasteiger partial charge in [-0.05, 0) is 57.9 Å². The van der Waals surface area contributed by atoms with Gasteiger partial charge in [-0.2, -0.15) is 10.4 Å². The molecule has 0 aliphatic carbocycles. The third kappa shape index (κ3) is 4.96. The van der Waals surface area contributed by atoms with Gasteiger partial charge >= 0.3 is 0 Å². The Morgan fingerprint density at radius 2 is 2.00 bits per heavy atom. The second kappa shape index (κ2) is 7.87. The third-order valence-corrected chi connectivity index (χ3v) is 3.53. The van der Waals surface area contributed by atoms with Crippen LogP contribution in [0.3, 0.4) is 0 Å². The number of nitrogens with zero attached hydrogens (tertiary/aromatic N) is 4. The first kappa shape index (κ1) is 19.2. The standard InChI is InChI=1S/C18H24FN7/c1-18(2,3)24-17(22)23-10-4-5-15-14(11-20)16(21)26(25-15)13-8-6-12(19)7-9-13/h6-9H,4-5,10,21H2,1-3H3,(H3,22,23,24). The molecule has 0 fully saturated rings. The monoisotopic (exact) mass is 357 g/mol. The molecular formula is C18H24FN7. The summed E-state index contributed by atoms with van der Waals surface area (Å²) in [7, 11) is 0. The maximum atomic E-state index is 13.1. The number of halogens is 1. The molecule has 0 amide bonds. The van der Waals surface area contributed by atoms with Crippen molar-refractivity contribution in [3.63, 3.8) is 0 Å². The molecule has 0 unspecified atom stereocenters. The molecule has 8 heteroatoms. The molecule has 0 radical (unpaired) electrons. The lowest BCUT2D eigenvalue weighted by atomic mass is 10.1. The summed E-state index contributed by atoms with van der Waals surface area (Å²) >= 11 is 0. The van der Waals surface area contributed by atoms with Crippen LogP contribution in [0.4, 0.5) is 10.2 Å². The van der Waals surface area contributed by atoms with Gasteiger partial charge in [0, 0.05) is 12.1 Å². The Bertz CT molecular complexity index is 823. The highest BCUT2D eigenvalue weighted by Gasteiger charge is 2.16. The molecule has 0 aliphatic heterocycles. The van der Waals surface area contributed by atoms with E-state index in [9.17, 15) is 9.65 Å². The maximum absolute atomic E-state index is 13.1. The van der Waals surface area contributed by atoms with Gasteiger partial charge in [-0.3, -0.25) is 4.99 Å². The van der Waals surface area contributed by atoms with E-state index in [0.29, 0.717) is 42.3 Å². The zero-order chi connectivity index (χ0) is 19.3. The molecular weight excluding hydrogens is 333 g/mol. The van der Waals surface area contributed by atoms with Crippen molar-refractivity contribution >= 4 is 11.8 Å². The predicted molar refractivity (Wildman–Crippen MR) is 100 cm³/mol. The van der Waals surface area contributed by atoms with Gasteiger partial charge in [0.15, 0.2) is 5.96 Å². The van der Waals surface area contributed by atoms with Crippen LogP contribution < -0.4 is 16.8 Å². The Morgan fingerprint density at radius 3 is 2.58 bits per heavy atom. The van der Waals surface area contributed by atoms with E-state index < -0.39 is 0 Å². The van der Waals surface area contributed by atoms with Gasteiger partial charge in [-0.1, -0.05) is 0 Å². The first-order valence-electron chi connectivity index (χ1n) is 8.33. The van der Waals surface area contributed by atoms with Crippen molar-refractivity contribution in [3.05, 3.63) is 41.3 Å². The number of nitrogen functional groups attached to an aromatic ring is 1. The molecule has 138 valence electrons. The molecule has 1 heterocycles. The zero-order valence-electron chi connectivity index (χ0n) is 15.3. The number of rotatable bonds is 5. The zero-order valence-corrected chi connectivity index (χ0v) is 15.3. The molecule has 0 spiro atoms. The van der Waals surface area contributed by atoms with Gasteiger partial charge in [0.05, 0.1) is 11.4 Å². The summed E-state index contributed by atoms with van der Waals surface area (Å²) < 4.78 is 14.5. The molecule has 5 N–H and O–H groups in total. The smallest absolute Gasteiger partial charge is 0.188 e. The van der Waals surface area contributed by atoms with E-state index in [1.54, 1.807) is 12.1 Å². The largest absolute Gasteiger partial charge is 0.382 e. The topological polar surface area (TPSA) is 118 Å². The van der Waals surface area contributed by atoms with Crippen LogP contribution in [0.1, 0.15) is 38.4 Å². The average Bonchev–Trinajstić information content (AvgIpc) is 2.86. The quantitative estimate of drug-likeness (QED) is 0.430. The SMILES string of the molecule is CC(C)(C)NC(N)=NCCCc1nn(-c2ccc(F)cc2)c(N)c1C#N. The number of anilines is 1. The molecule has 26 heavy (non-hydrogen) atoms. The number of nitrogens with one attached hydrogen (secondary N) is 1. The van der Waals surface area contributed by atoms with Crippen molar-refractivity contribution in [2.45, 2.75) is 39.2 Å². The van der Waals surface area contributed by atoms with E-state index in [-0.39, 0.29) is 17.2 Å². The van der Waals surface area contributed by atoms with Crippen molar-refractivity contribution in [2.24, 2.45) is 10.7 Å². The molecule has 0 saturated heterocycles. The van der Waals surface area contributed by atoms with E-state index in [1.165, 1.54) is 16.8 Å². The lowest BCUT2D eigenvalue weighted by molar-refractivity contribution is 0.508. The molecule has 0 saturated carbocycles. The molecule has 1 aromatic carbocycles. The fourth-order valence-electron chi connectivity index (χ4n) is 2.42. The lowest BCUT2D eigenvalue weighted by Crippen LogP contribution is -2.45. The number of nitrogens with two attached hydrogens (primary N) is 2. The average molecular weight is 357 g/mol. The number of nitriles is 1. The number of hydrogen-bond donors (Lipinski definition) is 3. The minimum Gasteiger partial charge on any atom is -0.382 e. The second-order valence-electron chi connectivity index (χ2n) is 6.95. The number of aliphatic imine (C=N–C) groups is 1. The molecule has 2 aromatic rings. The highest BCUT2D eigenvalue weighted by Crippen LogP contribution is 2.21. The molecule has 0 atom stereocenters. The van der Waals surface area contributed by atoms with E-state index in [1.807, 2.05) is 20.8 Å². The molecule has 0 bridgehead atoms. The van der Waals surface area contributed by atoms with Gasteiger partial charge < -0.3 is 16.8 Å². The minimum atomic E-state index is -0.348. The summed E-state index contributed by atoms with van der Waals surface area (Å²) in [5, 5.41) is 16.9. The van der Waals surface area contributed by atoms with E-state index in [0.717, 1.165) is 0 Å². The number of aryl methyl sites for hydroxylation is 1. The van der Waals surface area contributed by atoms with E-state index in [2.05, 4.69) is 21.5 Å². The van der Waals surface area contributed by atoms with Crippen LogP contribution >= 0.6 is 0 Å². The molecule has 7 nitrogen and oxygen atoms in total. The van der Waals surface area contributed by atoms with Gasteiger partial charge in [0.25, 0.3) is 0 Å². The van der Waals surface area contributed by atoms with Crippen molar-refractivity contribution < 1.29 is 4.39 Å². The van der Waals surface area contributed by atoms with Gasteiger partial charge in [0.1, 0.15) is 23.3 Å². The van der Waals surface area contributed by atoms with Crippen LogP contribution in [-0.4, -0.2) is 27.8 Å². The Balaban J connectivity index is 2.08. The predicted octanol–water partition coefficient (Wildman–Crippen LogP) is 2.10. The Morgan fingerprint density at radius 1 is 1.35 bits per heavy atom. The number of benzene rings is 1. The van der Waals surface area contributed by atoms with Gasteiger partial charge in [-0.25, -0.2) is 9.07 Å². The Hall–Kier alpha value is -3.08. The van der Waals surface area contributed by atoms with Crippen LogP contribution in [0.2, 0.25) is 0 Å². The van der Waals surface area contributed by atoms with Gasteiger partial charge in [-0.15, -0.1) is 0 Å². The summed E-state index contributed by atoms with van der Waals surface area (Å²) in [4.78, 5) is 4.27. The van der Waals surface area contributed by atoms with Crippen LogP contribution in [0, 0.1) is 17.1 Å². The lowest BCUT2D eigenvalue weighted by Gasteiger charge is -2.20. The molecule has 2 rings (SSSR count). The van der Waals surface area contributed by atoms with Crippen molar-refractivity contribution in [2.75, 3.05) is 12.3 Å². The summed E-state index contributed by atoms with van der Waals surface area (Å²) in [5.41, 5.74) is 13.2. The highest BCUT2D eigenvalue weighted by atomic mass is 19.1. The molecule has 1 aromatic heterocycles. The van der Waals surface area contributed by atoms with Gasteiger partial charge in [0.2, 0.25) is 0 Å². The minimum absolute atomic E-state index is 0.149.